The van der Waals surface area contributed by atoms with E-state index in [1.54, 1.807) is 0 Å². The van der Waals surface area contributed by atoms with Crippen LogP contribution in [0.4, 0.5) is 0 Å². The SMILES string of the molecule is Cc1cc2ncc(CNCc3cc(C)c(C)s3)cn2n1. The van der Waals surface area contributed by atoms with Gasteiger partial charge in [-0.3, -0.25) is 0 Å². The van der Waals surface area contributed by atoms with Crippen LogP contribution in [0.15, 0.2) is 24.5 Å². The van der Waals surface area contributed by atoms with E-state index < -0.39 is 0 Å². The maximum absolute atomic E-state index is 4.41. The normalized spacial score (nSPS) is 11.3. The third-order valence-electron chi connectivity index (χ3n) is 3.33. The van der Waals surface area contributed by atoms with Crippen LogP contribution < -0.4 is 5.32 Å². The van der Waals surface area contributed by atoms with Crippen molar-refractivity contribution in [2.75, 3.05) is 0 Å². The lowest BCUT2D eigenvalue weighted by molar-refractivity contribution is 0.692. The van der Waals surface area contributed by atoms with E-state index in [-0.39, 0.29) is 0 Å². The van der Waals surface area contributed by atoms with Gasteiger partial charge >= 0.3 is 0 Å². The monoisotopic (exact) mass is 286 g/mol. The van der Waals surface area contributed by atoms with Crippen LogP contribution in [0.3, 0.4) is 0 Å². The Kier molecular flexibility index (Phi) is 3.54. The van der Waals surface area contributed by atoms with Gasteiger partial charge in [-0.15, -0.1) is 11.3 Å². The van der Waals surface area contributed by atoms with E-state index in [0.29, 0.717) is 0 Å². The number of aromatic nitrogens is 3. The maximum Gasteiger partial charge on any atom is 0.155 e. The average molecular weight is 286 g/mol. The van der Waals surface area contributed by atoms with E-state index in [2.05, 4.69) is 35.3 Å². The summed E-state index contributed by atoms with van der Waals surface area (Å²) in [4.78, 5) is 7.19. The number of hydrogen-bond donors (Lipinski definition) is 1. The molecule has 0 aromatic carbocycles. The van der Waals surface area contributed by atoms with Crippen LogP contribution in [-0.2, 0) is 13.1 Å². The Bertz CT molecular complexity index is 722. The van der Waals surface area contributed by atoms with Gasteiger partial charge in [-0.1, -0.05) is 0 Å². The predicted molar refractivity (Wildman–Crippen MR) is 82.1 cm³/mol. The minimum atomic E-state index is 0.803. The minimum Gasteiger partial charge on any atom is -0.308 e. The maximum atomic E-state index is 4.41. The third kappa shape index (κ3) is 2.73. The van der Waals surface area contributed by atoms with Crippen molar-refractivity contribution in [1.82, 2.24) is 19.9 Å². The largest absolute Gasteiger partial charge is 0.308 e. The minimum absolute atomic E-state index is 0.803. The fourth-order valence-corrected chi connectivity index (χ4v) is 3.22. The molecule has 3 aromatic heterocycles. The van der Waals surface area contributed by atoms with Crippen molar-refractivity contribution in [3.8, 4) is 0 Å². The fourth-order valence-electron chi connectivity index (χ4n) is 2.19. The molecule has 0 bridgehead atoms. The van der Waals surface area contributed by atoms with E-state index in [1.165, 1.54) is 15.3 Å². The van der Waals surface area contributed by atoms with Gasteiger partial charge in [0.2, 0.25) is 0 Å². The molecule has 104 valence electrons. The zero-order valence-electron chi connectivity index (χ0n) is 12.0. The molecular formula is C15H18N4S. The highest BCUT2D eigenvalue weighted by Crippen LogP contribution is 2.20. The van der Waals surface area contributed by atoms with Gasteiger partial charge in [0, 0.05) is 46.9 Å². The second-order valence-corrected chi connectivity index (χ2v) is 6.45. The molecule has 0 aliphatic carbocycles. The van der Waals surface area contributed by atoms with Crippen LogP contribution in [0.25, 0.3) is 5.65 Å². The molecule has 0 radical (unpaired) electrons. The van der Waals surface area contributed by atoms with Gasteiger partial charge in [0.05, 0.1) is 5.69 Å². The summed E-state index contributed by atoms with van der Waals surface area (Å²) in [6.45, 7) is 8.01. The second-order valence-electron chi connectivity index (χ2n) is 5.11. The van der Waals surface area contributed by atoms with Gasteiger partial charge < -0.3 is 5.32 Å². The molecule has 0 fully saturated rings. The molecule has 5 heteroatoms. The van der Waals surface area contributed by atoms with Crippen molar-refractivity contribution in [2.45, 2.75) is 33.9 Å². The Morgan fingerprint density at radius 3 is 2.80 bits per heavy atom. The summed E-state index contributed by atoms with van der Waals surface area (Å²) in [5, 5.41) is 7.84. The topological polar surface area (TPSA) is 42.2 Å². The Hall–Kier alpha value is -1.72. The van der Waals surface area contributed by atoms with Crippen molar-refractivity contribution >= 4 is 17.0 Å². The van der Waals surface area contributed by atoms with Crippen LogP contribution in [0.2, 0.25) is 0 Å². The number of nitrogens with one attached hydrogen (secondary N) is 1. The summed E-state index contributed by atoms with van der Waals surface area (Å²) < 4.78 is 1.84. The first-order valence-electron chi connectivity index (χ1n) is 6.69. The van der Waals surface area contributed by atoms with Crippen molar-refractivity contribution < 1.29 is 0 Å². The molecule has 3 rings (SSSR count). The van der Waals surface area contributed by atoms with Crippen molar-refractivity contribution in [3.05, 3.63) is 51.1 Å². The molecule has 4 nitrogen and oxygen atoms in total. The number of hydrogen-bond acceptors (Lipinski definition) is 4. The number of aryl methyl sites for hydroxylation is 3. The van der Waals surface area contributed by atoms with Gasteiger partial charge in [-0.2, -0.15) is 5.10 Å². The lowest BCUT2D eigenvalue weighted by Crippen LogP contribution is -2.12. The van der Waals surface area contributed by atoms with E-state index in [4.69, 9.17) is 0 Å². The first-order valence-corrected chi connectivity index (χ1v) is 7.51. The van der Waals surface area contributed by atoms with Crippen LogP contribution in [0.5, 0.6) is 0 Å². The average Bonchev–Trinajstić information content (AvgIpc) is 2.91. The summed E-state index contributed by atoms with van der Waals surface area (Å²) in [6.07, 6.45) is 3.95. The number of nitrogens with zero attached hydrogens (tertiary/aromatic N) is 3. The highest BCUT2D eigenvalue weighted by molar-refractivity contribution is 7.12. The molecule has 3 heterocycles. The fraction of sp³-hybridized carbons (Fsp3) is 0.333. The molecule has 0 unspecified atom stereocenters. The smallest absolute Gasteiger partial charge is 0.155 e. The summed E-state index contributed by atoms with van der Waals surface area (Å²) in [7, 11) is 0. The molecule has 0 atom stereocenters. The molecule has 0 aliphatic heterocycles. The van der Waals surface area contributed by atoms with Gasteiger partial charge in [-0.25, -0.2) is 9.50 Å². The summed E-state index contributed by atoms with van der Waals surface area (Å²) in [5.41, 5.74) is 4.41. The molecule has 0 saturated heterocycles. The van der Waals surface area contributed by atoms with Crippen LogP contribution in [0, 0.1) is 20.8 Å². The van der Waals surface area contributed by atoms with Crippen LogP contribution >= 0.6 is 11.3 Å². The predicted octanol–water partition coefficient (Wildman–Crippen LogP) is 3.01. The lowest BCUT2D eigenvalue weighted by Gasteiger charge is -2.03. The quantitative estimate of drug-likeness (QED) is 0.801. The Morgan fingerprint density at radius 2 is 2.05 bits per heavy atom. The van der Waals surface area contributed by atoms with Crippen LogP contribution in [0.1, 0.15) is 26.6 Å². The lowest BCUT2D eigenvalue weighted by atomic mass is 10.3. The van der Waals surface area contributed by atoms with E-state index in [0.717, 1.165) is 30.0 Å². The number of fused-ring (bicyclic) bond motifs is 1. The molecular weight excluding hydrogens is 268 g/mol. The number of rotatable bonds is 4. The highest BCUT2D eigenvalue weighted by atomic mass is 32.1. The van der Waals surface area contributed by atoms with Crippen molar-refractivity contribution in [2.24, 2.45) is 0 Å². The number of thiophene rings is 1. The first-order chi connectivity index (χ1) is 9.61. The highest BCUT2D eigenvalue weighted by Gasteiger charge is 2.03. The van der Waals surface area contributed by atoms with E-state index in [9.17, 15) is 0 Å². The molecule has 1 N–H and O–H groups in total. The van der Waals surface area contributed by atoms with Crippen molar-refractivity contribution in [3.63, 3.8) is 0 Å². The third-order valence-corrected chi connectivity index (χ3v) is 4.49. The molecule has 0 aliphatic rings. The Morgan fingerprint density at radius 1 is 1.20 bits per heavy atom. The van der Waals surface area contributed by atoms with Crippen LogP contribution in [-0.4, -0.2) is 14.6 Å². The van der Waals surface area contributed by atoms with Gasteiger partial charge in [0.15, 0.2) is 5.65 Å². The van der Waals surface area contributed by atoms with E-state index >= 15 is 0 Å². The van der Waals surface area contributed by atoms with Gasteiger partial charge in [-0.05, 0) is 32.4 Å². The Balaban J connectivity index is 1.64. The zero-order valence-corrected chi connectivity index (χ0v) is 12.8. The van der Waals surface area contributed by atoms with Crippen molar-refractivity contribution in [1.29, 1.82) is 0 Å². The molecule has 0 spiro atoms. The summed E-state index contributed by atoms with van der Waals surface area (Å²) in [6, 6.07) is 4.24. The molecule has 0 amide bonds. The first kappa shape index (κ1) is 13.3. The molecule has 20 heavy (non-hydrogen) atoms. The molecule has 0 saturated carbocycles. The zero-order chi connectivity index (χ0) is 14.1. The molecule has 3 aromatic rings. The van der Waals surface area contributed by atoms with Gasteiger partial charge in [0.1, 0.15) is 0 Å². The Labute approximate surface area is 122 Å². The second kappa shape index (κ2) is 5.34. The summed E-state index contributed by atoms with van der Waals surface area (Å²) >= 11 is 1.86. The summed E-state index contributed by atoms with van der Waals surface area (Å²) in [5.74, 6) is 0. The van der Waals surface area contributed by atoms with Gasteiger partial charge in [0.25, 0.3) is 0 Å². The standard InChI is InChI=1S/C15H18N4S/c1-10-4-14(20-12(10)3)8-16-6-13-7-17-15-5-11(2)18-19(15)9-13/h4-5,7,9,16H,6,8H2,1-3H3. The van der Waals surface area contributed by atoms with E-state index in [1.807, 2.05) is 41.2 Å².